The molecule has 0 amide bonds. The highest BCUT2D eigenvalue weighted by atomic mass is 15.2. The molecule has 0 saturated carbocycles. The lowest BCUT2D eigenvalue weighted by Gasteiger charge is -2.42. The molecule has 0 radical (unpaired) electrons. The van der Waals surface area contributed by atoms with Crippen LogP contribution >= 0.6 is 0 Å². The smallest absolute Gasteiger partial charge is 0.0391 e. The van der Waals surface area contributed by atoms with Crippen molar-refractivity contribution in [2.75, 3.05) is 19.6 Å². The number of piperidine rings is 1. The molecule has 1 heterocycles. The second-order valence-corrected chi connectivity index (χ2v) is 6.41. The number of nitrogens with zero attached hydrogens (tertiary/aromatic N) is 1. The van der Waals surface area contributed by atoms with Crippen molar-refractivity contribution in [3.63, 3.8) is 0 Å². The molecule has 1 aromatic carbocycles. The molecule has 2 rings (SSSR count). The van der Waals surface area contributed by atoms with E-state index in [1.807, 2.05) is 0 Å². The summed E-state index contributed by atoms with van der Waals surface area (Å²) in [6.07, 6.45) is 3.79. The molecule has 2 nitrogen and oxygen atoms in total. The monoisotopic (exact) mass is 274 g/mol. The van der Waals surface area contributed by atoms with Crippen LogP contribution in [0.1, 0.15) is 54.5 Å². The van der Waals surface area contributed by atoms with Crippen LogP contribution in [0.25, 0.3) is 0 Å². The molecule has 1 aliphatic heterocycles. The Kier molecular flexibility index (Phi) is 5.22. The number of likely N-dealkylation sites (tertiary alicyclic amines) is 1. The summed E-state index contributed by atoms with van der Waals surface area (Å²) >= 11 is 0. The van der Waals surface area contributed by atoms with Gasteiger partial charge in [-0.1, -0.05) is 19.1 Å². The van der Waals surface area contributed by atoms with Gasteiger partial charge in [-0.25, -0.2) is 0 Å². The number of benzene rings is 1. The number of hydrogen-bond donors (Lipinski definition) is 1. The van der Waals surface area contributed by atoms with Crippen LogP contribution in [0.15, 0.2) is 12.1 Å². The van der Waals surface area contributed by atoms with E-state index in [4.69, 9.17) is 5.73 Å². The van der Waals surface area contributed by atoms with Crippen LogP contribution in [0, 0.1) is 26.7 Å². The fraction of sp³-hybridized carbons (Fsp3) is 0.667. The molecule has 2 N–H and O–H groups in total. The minimum Gasteiger partial charge on any atom is -0.330 e. The molecule has 20 heavy (non-hydrogen) atoms. The highest BCUT2D eigenvalue weighted by Crippen LogP contribution is 2.37. The maximum Gasteiger partial charge on any atom is 0.0391 e. The predicted octanol–water partition coefficient (Wildman–Crippen LogP) is 3.73. The van der Waals surface area contributed by atoms with Gasteiger partial charge in [0.15, 0.2) is 0 Å². The molecule has 2 unspecified atom stereocenters. The van der Waals surface area contributed by atoms with Crippen molar-refractivity contribution < 1.29 is 0 Å². The topological polar surface area (TPSA) is 29.3 Å². The molecule has 1 aromatic rings. The van der Waals surface area contributed by atoms with E-state index in [9.17, 15) is 0 Å². The van der Waals surface area contributed by atoms with Gasteiger partial charge in [0.1, 0.15) is 0 Å². The van der Waals surface area contributed by atoms with E-state index in [-0.39, 0.29) is 0 Å². The van der Waals surface area contributed by atoms with Crippen LogP contribution in [0.2, 0.25) is 0 Å². The van der Waals surface area contributed by atoms with Gasteiger partial charge < -0.3 is 5.73 Å². The number of nitrogens with two attached hydrogens (primary N) is 1. The summed E-state index contributed by atoms with van der Waals surface area (Å²) in [4.78, 5) is 2.66. The quantitative estimate of drug-likeness (QED) is 0.906. The van der Waals surface area contributed by atoms with Crippen LogP contribution in [-0.2, 0) is 0 Å². The SMILES string of the molecule is CCCN1CCCC(CN)C1c1cc(C)c(C)cc1C. The number of aryl methyl sites for hydroxylation is 3. The molecular weight excluding hydrogens is 244 g/mol. The van der Waals surface area contributed by atoms with Gasteiger partial charge in [0, 0.05) is 6.04 Å². The van der Waals surface area contributed by atoms with Crippen LogP contribution in [0.3, 0.4) is 0 Å². The van der Waals surface area contributed by atoms with Crippen molar-refractivity contribution in [3.8, 4) is 0 Å². The van der Waals surface area contributed by atoms with E-state index in [1.165, 1.54) is 54.6 Å². The third-order valence-electron chi connectivity index (χ3n) is 4.87. The van der Waals surface area contributed by atoms with Crippen LogP contribution in [0.5, 0.6) is 0 Å². The van der Waals surface area contributed by atoms with Gasteiger partial charge in [0.2, 0.25) is 0 Å². The molecule has 1 fully saturated rings. The fourth-order valence-corrected chi connectivity index (χ4v) is 3.69. The molecule has 2 atom stereocenters. The lowest BCUT2D eigenvalue weighted by molar-refractivity contribution is 0.0955. The first kappa shape index (κ1) is 15.5. The van der Waals surface area contributed by atoms with Gasteiger partial charge in [-0.2, -0.15) is 0 Å². The maximum absolute atomic E-state index is 6.08. The van der Waals surface area contributed by atoms with Crippen LogP contribution < -0.4 is 5.73 Å². The second-order valence-electron chi connectivity index (χ2n) is 6.41. The summed E-state index contributed by atoms with van der Waals surface area (Å²) in [5.41, 5.74) is 11.8. The van der Waals surface area contributed by atoms with E-state index >= 15 is 0 Å². The lowest BCUT2D eigenvalue weighted by atomic mass is 9.82. The number of rotatable bonds is 4. The molecule has 0 aliphatic carbocycles. The highest BCUT2D eigenvalue weighted by Gasteiger charge is 2.32. The summed E-state index contributed by atoms with van der Waals surface area (Å²) in [5.74, 6) is 0.608. The molecular formula is C18H30N2. The van der Waals surface area contributed by atoms with E-state index < -0.39 is 0 Å². The van der Waals surface area contributed by atoms with Crippen molar-refractivity contribution in [2.45, 2.75) is 53.0 Å². The van der Waals surface area contributed by atoms with Gasteiger partial charge in [-0.3, -0.25) is 4.90 Å². The zero-order valence-electron chi connectivity index (χ0n) is 13.6. The Morgan fingerprint density at radius 2 is 1.85 bits per heavy atom. The van der Waals surface area contributed by atoms with Crippen molar-refractivity contribution in [2.24, 2.45) is 11.7 Å². The second kappa shape index (κ2) is 6.73. The van der Waals surface area contributed by atoms with Gasteiger partial charge in [-0.05, 0) is 87.8 Å². The Morgan fingerprint density at radius 3 is 2.50 bits per heavy atom. The maximum atomic E-state index is 6.08. The molecule has 0 bridgehead atoms. The van der Waals surface area contributed by atoms with E-state index in [1.54, 1.807) is 0 Å². The Morgan fingerprint density at radius 1 is 1.15 bits per heavy atom. The predicted molar refractivity (Wildman–Crippen MR) is 87.0 cm³/mol. The average molecular weight is 274 g/mol. The molecule has 2 heteroatoms. The van der Waals surface area contributed by atoms with E-state index in [2.05, 4.69) is 44.7 Å². The Balaban J connectivity index is 2.40. The van der Waals surface area contributed by atoms with Crippen LogP contribution in [-0.4, -0.2) is 24.5 Å². The molecule has 1 saturated heterocycles. The minimum atomic E-state index is 0.521. The molecule has 0 aromatic heterocycles. The van der Waals surface area contributed by atoms with Crippen molar-refractivity contribution in [3.05, 3.63) is 34.4 Å². The summed E-state index contributed by atoms with van der Waals surface area (Å²) in [7, 11) is 0. The van der Waals surface area contributed by atoms with Crippen molar-refractivity contribution in [1.29, 1.82) is 0 Å². The Hall–Kier alpha value is -0.860. The van der Waals surface area contributed by atoms with E-state index in [0.717, 1.165) is 6.54 Å². The first-order chi connectivity index (χ1) is 9.58. The fourth-order valence-electron chi connectivity index (χ4n) is 3.69. The molecule has 1 aliphatic rings. The average Bonchev–Trinajstić information content (AvgIpc) is 2.43. The summed E-state index contributed by atoms with van der Waals surface area (Å²) in [5, 5.41) is 0. The van der Waals surface area contributed by atoms with Gasteiger partial charge >= 0.3 is 0 Å². The van der Waals surface area contributed by atoms with E-state index in [0.29, 0.717) is 12.0 Å². The standard InChI is InChI=1S/C18H30N2/c1-5-8-20-9-6-7-16(12-19)18(20)17-11-14(3)13(2)10-15(17)4/h10-11,16,18H,5-9,12,19H2,1-4H3. The first-order valence-electron chi connectivity index (χ1n) is 8.10. The zero-order chi connectivity index (χ0) is 14.7. The normalized spacial score (nSPS) is 24.1. The summed E-state index contributed by atoms with van der Waals surface area (Å²) in [6.45, 7) is 12.2. The zero-order valence-corrected chi connectivity index (χ0v) is 13.6. The third kappa shape index (κ3) is 3.07. The first-order valence-corrected chi connectivity index (χ1v) is 8.10. The Labute approximate surface area is 124 Å². The highest BCUT2D eigenvalue weighted by molar-refractivity contribution is 5.38. The van der Waals surface area contributed by atoms with Gasteiger partial charge in [0.25, 0.3) is 0 Å². The third-order valence-corrected chi connectivity index (χ3v) is 4.87. The lowest BCUT2D eigenvalue weighted by Crippen LogP contribution is -2.42. The molecule has 112 valence electrons. The van der Waals surface area contributed by atoms with Crippen molar-refractivity contribution >= 4 is 0 Å². The van der Waals surface area contributed by atoms with Gasteiger partial charge in [0.05, 0.1) is 0 Å². The largest absolute Gasteiger partial charge is 0.330 e. The summed E-state index contributed by atoms with van der Waals surface area (Å²) in [6, 6.07) is 5.27. The van der Waals surface area contributed by atoms with Gasteiger partial charge in [-0.15, -0.1) is 0 Å². The van der Waals surface area contributed by atoms with Crippen LogP contribution in [0.4, 0.5) is 0 Å². The summed E-state index contributed by atoms with van der Waals surface area (Å²) < 4.78 is 0. The number of hydrogen-bond acceptors (Lipinski definition) is 2. The molecule has 0 spiro atoms. The van der Waals surface area contributed by atoms with Crippen molar-refractivity contribution in [1.82, 2.24) is 4.90 Å². The Bertz CT molecular complexity index is 451. The minimum absolute atomic E-state index is 0.521.